The number of esters is 1. The molecule has 1 aromatic carbocycles. The van der Waals surface area contributed by atoms with Gasteiger partial charge in [-0.25, -0.2) is 4.79 Å². The average molecular weight is 475 g/mol. The second-order valence-electron chi connectivity index (χ2n) is 6.86. The van der Waals surface area contributed by atoms with Crippen LogP contribution in [-0.2, 0) is 29.1 Å². The van der Waals surface area contributed by atoms with Gasteiger partial charge in [0.2, 0.25) is 5.91 Å². The number of anilines is 1. The van der Waals surface area contributed by atoms with Crippen molar-refractivity contribution in [3.05, 3.63) is 52.2 Å². The van der Waals surface area contributed by atoms with Gasteiger partial charge in [0.1, 0.15) is 17.4 Å². The van der Waals surface area contributed by atoms with Crippen LogP contribution in [0.2, 0.25) is 0 Å². The Balaban J connectivity index is 1.59. The summed E-state index contributed by atoms with van der Waals surface area (Å²) in [5, 5.41) is 12.4. The molecule has 1 amide bonds. The molecule has 3 aromatic rings. The van der Waals surface area contributed by atoms with Crippen LogP contribution in [0.3, 0.4) is 0 Å². The number of carbonyl (C=O) groups excluding carboxylic acids is 2. The summed E-state index contributed by atoms with van der Waals surface area (Å²) in [6.45, 7) is 6.91. The molecule has 0 aliphatic carbocycles. The molecule has 1 N–H and O–H groups in total. The Labute approximate surface area is 195 Å². The maximum atomic E-state index is 12.5. The number of nitrogens with zero attached hydrogens (tertiary/aromatic N) is 3. The Morgan fingerprint density at radius 2 is 1.94 bits per heavy atom. The van der Waals surface area contributed by atoms with Gasteiger partial charge in [-0.3, -0.25) is 4.79 Å². The Kier molecular flexibility index (Phi) is 8.29. The van der Waals surface area contributed by atoms with Crippen LogP contribution < -0.4 is 10.1 Å². The quantitative estimate of drug-likeness (QED) is 0.345. The molecule has 2 heterocycles. The molecule has 0 atom stereocenters. The van der Waals surface area contributed by atoms with Crippen LogP contribution in [0.1, 0.15) is 40.5 Å². The summed E-state index contributed by atoms with van der Waals surface area (Å²) in [7, 11) is 1.32. The van der Waals surface area contributed by atoms with E-state index in [4.69, 9.17) is 9.47 Å². The van der Waals surface area contributed by atoms with Crippen molar-refractivity contribution in [2.24, 2.45) is 0 Å². The van der Waals surface area contributed by atoms with Crippen molar-refractivity contribution in [1.82, 2.24) is 14.8 Å². The van der Waals surface area contributed by atoms with E-state index in [0.29, 0.717) is 28.1 Å². The summed E-state index contributed by atoms with van der Waals surface area (Å²) in [6.07, 6.45) is 0.981. The number of aryl methyl sites for hydroxylation is 2. The molecular weight excluding hydrogens is 448 g/mol. The topological polar surface area (TPSA) is 95.3 Å². The third-order valence-electron chi connectivity index (χ3n) is 4.66. The lowest BCUT2D eigenvalue weighted by Crippen LogP contribution is -2.16. The lowest BCUT2D eigenvalue weighted by Gasteiger charge is -2.09. The highest BCUT2D eigenvalue weighted by atomic mass is 32.2. The van der Waals surface area contributed by atoms with E-state index in [2.05, 4.69) is 22.4 Å². The SMILES string of the molecule is CCc1ccc(OCc2nnc(SCC(=O)Nc3sc(C)cc3C(=O)OC)n2CC)cc1. The van der Waals surface area contributed by atoms with Gasteiger partial charge in [-0.2, -0.15) is 0 Å². The van der Waals surface area contributed by atoms with Gasteiger partial charge >= 0.3 is 5.97 Å². The standard InChI is InChI=1S/C22H26N4O4S2/c1-5-15-7-9-16(10-8-15)30-12-18-24-25-22(26(18)6-2)31-13-19(27)23-20-17(21(28)29-4)11-14(3)32-20/h7-11H,5-6,12-13H2,1-4H3,(H,23,27). The third kappa shape index (κ3) is 5.89. The molecule has 0 fully saturated rings. The number of thioether (sulfide) groups is 1. The van der Waals surface area contributed by atoms with Crippen LogP contribution in [0.15, 0.2) is 35.5 Å². The van der Waals surface area contributed by atoms with Crippen molar-refractivity contribution in [2.75, 3.05) is 18.2 Å². The van der Waals surface area contributed by atoms with Crippen LogP contribution in [0.25, 0.3) is 0 Å². The summed E-state index contributed by atoms with van der Waals surface area (Å²) < 4.78 is 12.5. The molecule has 8 nitrogen and oxygen atoms in total. The fraction of sp³-hybridized carbons (Fsp3) is 0.364. The summed E-state index contributed by atoms with van der Waals surface area (Å²) in [5.74, 6) is 0.888. The summed E-state index contributed by atoms with van der Waals surface area (Å²) in [4.78, 5) is 25.3. The van der Waals surface area contributed by atoms with Crippen molar-refractivity contribution in [1.29, 1.82) is 0 Å². The molecule has 0 bridgehead atoms. The molecule has 0 radical (unpaired) electrons. The first kappa shape index (κ1) is 23.8. The Morgan fingerprint density at radius 1 is 1.19 bits per heavy atom. The van der Waals surface area contributed by atoms with Crippen molar-refractivity contribution >= 4 is 40.0 Å². The Hall–Kier alpha value is -2.85. The highest BCUT2D eigenvalue weighted by molar-refractivity contribution is 7.99. The van der Waals surface area contributed by atoms with E-state index in [1.807, 2.05) is 42.7 Å². The van der Waals surface area contributed by atoms with Crippen LogP contribution in [0.4, 0.5) is 5.00 Å². The van der Waals surface area contributed by atoms with E-state index in [1.54, 1.807) is 6.07 Å². The number of hydrogen-bond donors (Lipinski definition) is 1. The minimum Gasteiger partial charge on any atom is -0.486 e. The monoisotopic (exact) mass is 474 g/mol. The zero-order valence-electron chi connectivity index (χ0n) is 18.5. The first-order valence-corrected chi connectivity index (χ1v) is 12.0. The smallest absolute Gasteiger partial charge is 0.340 e. The lowest BCUT2D eigenvalue weighted by molar-refractivity contribution is -0.113. The van der Waals surface area contributed by atoms with Gasteiger partial charge < -0.3 is 19.4 Å². The molecule has 0 aliphatic rings. The van der Waals surface area contributed by atoms with Gasteiger partial charge in [-0.05, 0) is 44.0 Å². The second-order valence-corrected chi connectivity index (χ2v) is 9.06. The van der Waals surface area contributed by atoms with Crippen LogP contribution in [0, 0.1) is 6.92 Å². The molecule has 10 heteroatoms. The molecule has 0 aliphatic heterocycles. The highest BCUT2D eigenvalue weighted by Gasteiger charge is 2.19. The molecule has 170 valence electrons. The zero-order valence-corrected chi connectivity index (χ0v) is 20.1. The van der Waals surface area contributed by atoms with E-state index >= 15 is 0 Å². The van der Waals surface area contributed by atoms with Crippen LogP contribution in [0.5, 0.6) is 5.75 Å². The number of carbonyl (C=O) groups is 2. The maximum Gasteiger partial charge on any atom is 0.340 e. The predicted molar refractivity (Wildman–Crippen MR) is 126 cm³/mol. The molecule has 0 saturated carbocycles. The van der Waals surface area contributed by atoms with Crippen molar-refractivity contribution in [3.8, 4) is 5.75 Å². The van der Waals surface area contributed by atoms with Gasteiger partial charge in [0.15, 0.2) is 11.0 Å². The summed E-state index contributed by atoms with van der Waals surface area (Å²) in [5.41, 5.74) is 1.61. The van der Waals surface area contributed by atoms with Gasteiger partial charge in [-0.15, -0.1) is 21.5 Å². The number of nitrogens with one attached hydrogen (secondary N) is 1. The highest BCUT2D eigenvalue weighted by Crippen LogP contribution is 2.28. The molecule has 32 heavy (non-hydrogen) atoms. The molecule has 0 unspecified atom stereocenters. The number of hydrogen-bond acceptors (Lipinski definition) is 8. The first-order valence-electron chi connectivity index (χ1n) is 10.2. The molecular formula is C22H26N4O4S2. The number of methoxy groups -OCH3 is 1. The second kappa shape index (κ2) is 11.1. The van der Waals surface area contributed by atoms with E-state index in [-0.39, 0.29) is 18.3 Å². The predicted octanol–water partition coefficient (Wildman–Crippen LogP) is 4.33. The Bertz CT molecular complexity index is 1080. The molecule has 3 rings (SSSR count). The van der Waals surface area contributed by atoms with Gasteiger partial charge in [0.25, 0.3) is 0 Å². The fourth-order valence-electron chi connectivity index (χ4n) is 2.98. The number of thiophene rings is 1. The van der Waals surface area contributed by atoms with Crippen molar-refractivity contribution < 1.29 is 19.1 Å². The third-order valence-corrected chi connectivity index (χ3v) is 6.59. The van der Waals surface area contributed by atoms with Gasteiger partial charge in [0, 0.05) is 11.4 Å². The number of benzene rings is 1. The lowest BCUT2D eigenvalue weighted by atomic mass is 10.2. The van der Waals surface area contributed by atoms with E-state index in [1.165, 1.54) is 35.8 Å². The number of rotatable bonds is 10. The van der Waals surface area contributed by atoms with E-state index < -0.39 is 5.97 Å². The molecule has 0 saturated heterocycles. The summed E-state index contributed by atoms with van der Waals surface area (Å²) >= 11 is 2.62. The van der Waals surface area contributed by atoms with Crippen LogP contribution in [-0.4, -0.2) is 39.5 Å². The van der Waals surface area contributed by atoms with Gasteiger partial charge in [0.05, 0.1) is 18.4 Å². The zero-order chi connectivity index (χ0) is 23.1. The minimum atomic E-state index is -0.475. The number of ether oxygens (including phenoxy) is 2. The molecule has 2 aromatic heterocycles. The van der Waals surface area contributed by atoms with Crippen LogP contribution >= 0.6 is 23.1 Å². The normalized spacial score (nSPS) is 10.8. The Morgan fingerprint density at radius 3 is 2.59 bits per heavy atom. The molecule has 0 spiro atoms. The van der Waals surface area contributed by atoms with Crippen molar-refractivity contribution in [2.45, 2.75) is 45.5 Å². The van der Waals surface area contributed by atoms with E-state index in [9.17, 15) is 9.59 Å². The number of aromatic nitrogens is 3. The maximum absolute atomic E-state index is 12.5. The summed E-state index contributed by atoms with van der Waals surface area (Å²) in [6, 6.07) is 9.68. The fourth-order valence-corrected chi connectivity index (χ4v) is 4.72. The largest absolute Gasteiger partial charge is 0.486 e. The minimum absolute atomic E-state index is 0.134. The van der Waals surface area contributed by atoms with E-state index in [0.717, 1.165) is 17.0 Å². The first-order chi connectivity index (χ1) is 15.4. The van der Waals surface area contributed by atoms with Gasteiger partial charge in [-0.1, -0.05) is 30.8 Å². The average Bonchev–Trinajstić information content (AvgIpc) is 3.38. The van der Waals surface area contributed by atoms with Crippen molar-refractivity contribution in [3.63, 3.8) is 0 Å². The number of amides is 1.